The Labute approximate surface area is 339 Å². The first-order chi connectivity index (χ1) is 30.7. The Kier molecular flexibility index (Phi) is 5.82. The van der Waals surface area contributed by atoms with E-state index in [4.69, 9.17) is 27.6 Å². The van der Waals surface area contributed by atoms with Gasteiger partial charge in [0, 0.05) is 69.7 Å². The second kappa shape index (κ2) is 12.6. The Morgan fingerprint density at radius 1 is 0.456 bits per heavy atom. The summed E-state index contributed by atoms with van der Waals surface area (Å²) in [6.07, 6.45) is 0. The fourth-order valence-electron chi connectivity index (χ4n) is 7.95. The molecule has 4 aromatic heterocycles. The molecule has 0 N–H and O–H groups in total. The number of aromatic nitrogens is 4. The fraction of sp³-hybridized carbons (Fsp3) is 0. The van der Waals surface area contributed by atoms with Gasteiger partial charge in [0.05, 0.1) is 19.3 Å². The van der Waals surface area contributed by atoms with Gasteiger partial charge in [0.25, 0.3) is 0 Å². The highest BCUT2D eigenvalue weighted by Gasteiger charge is 2.20. The highest BCUT2D eigenvalue weighted by atomic mass is 32.1. The van der Waals surface area contributed by atoms with Gasteiger partial charge in [-0.2, -0.15) is 0 Å². The minimum Gasteiger partial charge on any atom is -0.455 e. The Morgan fingerprint density at radius 2 is 1.07 bits per heavy atom. The third-order valence-corrected chi connectivity index (χ3v) is 11.7. The van der Waals surface area contributed by atoms with E-state index in [0.717, 1.165) is 44.0 Å². The summed E-state index contributed by atoms with van der Waals surface area (Å²) in [6.45, 7) is 0. The van der Waals surface area contributed by atoms with Gasteiger partial charge in [0.1, 0.15) is 11.2 Å². The van der Waals surface area contributed by atoms with Crippen LogP contribution in [-0.4, -0.2) is 19.5 Å². The second-order valence-electron chi connectivity index (χ2n) is 13.9. The van der Waals surface area contributed by atoms with Crippen LogP contribution in [0.15, 0.2) is 186 Å². The average Bonchev–Trinajstić information content (AvgIpc) is 4.00. The minimum absolute atomic E-state index is 0.0224. The van der Waals surface area contributed by atoms with Gasteiger partial charge in [0.2, 0.25) is 0 Å². The predicted octanol–water partition coefficient (Wildman–Crippen LogP) is 13.9. The molecule has 12 rings (SSSR count). The van der Waals surface area contributed by atoms with E-state index in [1.165, 1.54) is 26.9 Å². The maximum absolute atomic E-state index is 9.08. The lowest BCUT2D eigenvalue weighted by Crippen LogP contribution is -2.00. The highest BCUT2D eigenvalue weighted by Crippen LogP contribution is 2.42. The minimum atomic E-state index is -0.164. The van der Waals surface area contributed by atoms with Crippen LogP contribution < -0.4 is 0 Å². The van der Waals surface area contributed by atoms with E-state index < -0.39 is 0 Å². The SMILES string of the molecule is [2H]c1cc([2H])c2c(c1[2H])c1c([2H])c([2H])cc([2H])c1n2-c1cc(-c2ccccc2)c2oc3cc(-c4nc(-c5ccccc5)nc(-c5ccc6sc7ccccc7c6c5)n4)ccc3c2c1. The number of para-hydroxylation sites is 2. The Bertz CT molecular complexity index is 3810. The molecule has 0 unspecified atom stereocenters. The third kappa shape index (κ3) is 5.12. The van der Waals surface area contributed by atoms with E-state index in [1.807, 2.05) is 91.0 Å². The van der Waals surface area contributed by atoms with E-state index in [1.54, 1.807) is 15.9 Å². The summed E-state index contributed by atoms with van der Waals surface area (Å²) >= 11 is 1.76. The summed E-state index contributed by atoms with van der Waals surface area (Å²) < 4.78 is 63.9. The molecular formula is C51H30N4OS. The Morgan fingerprint density at radius 3 is 1.81 bits per heavy atom. The van der Waals surface area contributed by atoms with Crippen LogP contribution in [0.5, 0.6) is 0 Å². The maximum Gasteiger partial charge on any atom is 0.164 e. The zero-order valence-electron chi connectivity index (χ0n) is 36.0. The van der Waals surface area contributed by atoms with Crippen molar-refractivity contribution in [3.63, 3.8) is 0 Å². The van der Waals surface area contributed by atoms with Gasteiger partial charge < -0.3 is 8.98 Å². The summed E-state index contributed by atoms with van der Waals surface area (Å²) in [5.41, 5.74) is 6.47. The predicted molar refractivity (Wildman–Crippen MR) is 236 cm³/mol. The molecule has 0 saturated carbocycles. The van der Waals surface area contributed by atoms with Crippen LogP contribution in [0.3, 0.4) is 0 Å². The number of fused-ring (bicyclic) bond motifs is 9. The molecule has 0 bridgehead atoms. The summed E-state index contributed by atoms with van der Waals surface area (Å²) in [5.74, 6) is 1.57. The highest BCUT2D eigenvalue weighted by molar-refractivity contribution is 7.25. The molecular weight excluding hydrogens is 717 g/mol. The molecule has 6 heteroatoms. The first-order valence-electron chi connectivity index (χ1n) is 21.5. The van der Waals surface area contributed by atoms with Crippen molar-refractivity contribution in [3.05, 3.63) is 182 Å². The van der Waals surface area contributed by atoms with E-state index in [2.05, 4.69) is 42.5 Å². The molecule has 0 amide bonds. The van der Waals surface area contributed by atoms with Crippen LogP contribution in [0.25, 0.3) is 115 Å². The van der Waals surface area contributed by atoms with Crippen LogP contribution in [-0.2, 0) is 0 Å². The standard InChI is InChI=1S/C51H30N4OS/c1-3-13-31(14-4-1)40-29-35(55-43-20-10-7-17-36(43)37-18-8-11-21-44(37)55)30-42-38-25-23-34(28-45(38)56-48(40)42)51-53-49(32-15-5-2-6-16-32)52-50(54-51)33-24-26-47-41(27-33)39-19-9-12-22-46(39)57-47/h1-30H/i7D,8D,17D,18D,20D,21D. The largest absolute Gasteiger partial charge is 0.455 e. The third-order valence-electron chi connectivity index (χ3n) is 10.6. The van der Waals surface area contributed by atoms with Gasteiger partial charge in [-0.3, -0.25) is 0 Å². The molecule has 0 radical (unpaired) electrons. The quantitative estimate of drug-likeness (QED) is 0.176. The zero-order chi connectivity index (χ0) is 42.7. The lowest BCUT2D eigenvalue weighted by Gasteiger charge is -2.11. The smallest absolute Gasteiger partial charge is 0.164 e. The molecule has 0 spiro atoms. The van der Waals surface area contributed by atoms with E-state index in [0.29, 0.717) is 45.4 Å². The van der Waals surface area contributed by atoms with Gasteiger partial charge >= 0.3 is 0 Å². The van der Waals surface area contributed by atoms with Gasteiger partial charge in [-0.25, -0.2) is 15.0 Å². The number of hydrogen-bond acceptors (Lipinski definition) is 5. The number of nitrogens with zero attached hydrogens (tertiary/aromatic N) is 4. The van der Waals surface area contributed by atoms with E-state index in [-0.39, 0.29) is 47.0 Å². The molecule has 8 aromatic carbocycles. The number of furan rings is 1. The van der Waals surface area contributed by atoms with Crippen molar-refractivity contribution in [2.75, 3.05) is 0 Å². The van der Waals surface area contributed by atoms with Crippen LogP contribution in [0, 0.1) is 0 Å². The van der Waals surface area contributed by atoms with Crippen LogP contribution in [0.1, 0.15) is 8.22 Å². The average molecular weight is 753 g/mol. The van der Waals surface area contributed by atoms with Crippen molar-refractivity contribution in [1.29, 1.82) is 0 Å². The fourth-order valence-corrected chi connectivity index (χ4v) is 9.04. The summed E-state index contributed by atoms with van der Waals surface area (Å²) in [5, 5.41) is 4.32. The van der Waals surface area contributed by atoms with Crippen molar-refractivity contribution >= 4 is 75.3 Å². The molecule has 12 aromatic rings. The zero-order valence-corrected chi connectivity index (χ0v) is 30.8. The monoisotopic (exact) mass is 752 g/mol. The number of thiophene rings is 1. The van der Waals surface area contributed by atoms with Crippen LogP contribution in [0.2, 0.25) is 0 Å². The number of benzene rings is 8. The first kappa shape index (κ1) is 26.4. The van der Waals surface area contributed by atoms with Crippen molar-refractivity contribution in [1.82, 2.24) is 19.5 Å². The van der Waals surface area contributed by atoms with Gasteiger partial charge in [-0.05, 0) is 66.2 Å². The topological polar surface area (TPSA) is 56.7 Å². The van der Waals surface area contributed by atoms with Crippen molar-refractivity contribution in [2.24, 2.45) is 0 Å². The molecule has 0 atom stereocenters. The second-order valence-corrected chi connectivity index (χ2v) is 15.0. The van der Waals surface area contributed by atoms with Crippen molar-refractivity contribution in [3.8, 4) is 51.0 Å². The Hall–Kier alpha value is -7.41. The van der Waals surface area contributed by atoms with E-state index >= 15 is 0 Å². The lowest BCUT2D eigenvalue weighted by atomic mass is 10.0. The molecule has 0 aliphatic carbocycles. The number of hydrogen-bond donors (Lipinski definition) is 0. The number of rotatable bonds is 5. The molecule has 0 saturated heterocycles. The van der Waals surface area contributed by atoms with Gasteiger partial charge in [-0.15, -0.1) is 11.3 Å². The molecule has 0 fully saturated rings. The summed E-state index contributed by atoms with van der Waals surface area (Å²) in [7, 11) is 0. The molecule has 4 heterocycles. The lowest BCUT2D eigenvalue weighted by molar-refractivity contribution is 0.670. The summed E-state index contributed by atoms with van der Waals surface area (Å²) in [4.78, 5) is 15.1. The molecule has 266 valence electrons. The Balaban J connectivity index is 1.09. The van der Waals surface area contributed by atoms with E-state index in [9.17, 15) is 0 Å². The van der Waals surface area contributed by atoms with Crippen molar-refractivity contribution in [2.45, 2.75) is 0 Å². The van der Waals surface area contributed by atoms with Gasteiger partial charge in [0.15, 0.2) is 17.5 Å². The van der Waals surface area contributed by atoms with Crippen LogP contribution >= 0.6 is 11.3 Å². The molecule has 57 heavy (non-hydrogen) atoms. The maximum atomic E-state index is 9.08. The van der Waals surface area contributed by atoms with Gasteiger partial charge in [-0.1, -0.05) is 121 Å². The summed E-state index contributed by atoms with van der Waals surface area (Å²) in [6, 6.07) is 46.2. The molecule has 0 aliphatic heterocycles. The molecule has 0 aliphatic rings. The van der Waals surface area contributed by atoms with Crippen molar-refractivity contribution < 1.29 is 12.6 Å². The molecule has 5 nitrogen and oxygen atoms in total. The normalized spacial score (nSPS) is 13.3. The first-order valence-corrected chi connectivity index (χ1v) is 19.3. The van der Waals surface area contributed by atoms with Crippen LogP contribution in [0.4, 0.5) is 0 Å².